The molecule has 0 saturated heterocycles. The van der Waals surface area contributed by atoms with Crippen molar-refractivity contribution in [2.75, 3.05) is 13.6 Å². The molecule has 0 aliphatic rings. The molecule has 0 aliphatic carbocycles. The Labute approximate surface area is 164 Å². The van der Waals surface area contributed by atoms with Gasteiger partial charge in [-0.05, 0) is 42.0 Å². The molecule has 0 bridgehead atoms. The van der Waals surface area contributed by atoms with Gasteiger partial charge in [0, 0.05) is 25.0 Å². The summed E-state index contributed by atoms with van der Waals surface area (Å²) in [6.07, 6.45) is 1.50. The highest BCUT2D eigenvalue weighted by molar-refractivity contribution is 7.91. The largest absolute Gasteiger partial charge is 0.349 e. The van der Waals surface area contributed by atoms with Crippen molar-refractivity contribution in [3.05, 3.63) is 52.4 Å². The monoisotopic (exact) mass is 414 g/mol. The van der Waals surface area contributed by atoms with E-state index in [1.165, 1.54) is 22.7 Å². The zero-order valence-electron chi connectivity index (χ0n) is 14.8. The molecular formula is C18H23ClN2O3S2. The molecule has 1 aromatic carbocycles. The molecule has 142 valence electrons. The number of hydrogen-bond donors (Lipinski definition) is 1. The normalized spacial score (nSPS) is 12.9. The smallest absolute Gasteiger partial charge is 0.252 e. The summed E-state index contributed by atoms with van der Waals surface area (Å²) in [6.45, 7) is 2.30. The van der Waals surface area contributed by atoms with Gasteiger partial charge in [0.15, 0.2) is 0 Å². The molecule has 0 spiro atoms. The predicted octanol–water partition coefficient (Wildman–Crippen LogP) is 4.07. The van der Waals surface area contributed by atoms with E-state index in [2.05, 4.69) is 5.32 Å². The van der Waals surface area contributed by atoms with Crippen LogP contribution in [0.2, 0.25) is 5.02 Å². The Morgan fingerprint density at radius 3 is 2.54 bits per heavy atom. The Kier molecular flexibility index (Phi) is 7.64. The molecule has 0 saturated carbocycles. The Bertz CT molecular complexity index is 805. The van der Waals surface area contributed by atoms with Crippen molar-refractivity contribution in [2.45, 2.75) is 36.4 Å². The SMILES string of the molecule is CCC(NC(=O)CCCN(C)S(=O)(=O)c1cccs1)c1ccc(Cl)cc1. The molecule has 1 aromatic heterocycles. The highest BCUT2D eigenvalue weighted by atomic mass is 35.5. The van der Waals surface area contributed by atoms with Gasteiger partial charge < -0.3 is 5.32 Å². The number of halogens is 1. The third-order valence-corrected chi connectivity index (χ3v) is 7.53. The Morgan fingerprint density at radius 1 is 1.27 bits per heavy atom. The zero-order chi connectivity index (χ0) is 19.2. The first-order valence-electron chi connectivity index (χ1n) is 8.39. The van der Waals surface area contributed by atoms with Crippen LogP contribution in [0.15, 0.2) is 46.0 Å². The maximum absolute atomic E-state index is 12.3. The standard InChI is InChI=1S/C18H23ClN2O3S2/c1-3-16(14-8-10-15(19)11-9-14)20-17(22)6-4-12-21(2)26(23,24)18-7-5-13-25-18/h5,7-11,13,16H,3-4,6,12H2,1-2H3,(H,20,22). The zero-order valence-corrected chi connectivity index (χ0v) is 17.2. The average molecular weight is 415 g/mol. The van der Waals surface area contributed by atoms with Gasteiger partial charge in [-0.25, -0.2) is 12.7 Å². The van der Waals surface area contributed by atoms with Gasteiger partial charge in [-0.2, -0.15) is 0 Å². The van der Waals surface area contributed by atoms with Crippen LogP contribution in [0.25, 0.3) is 0 Å². The molecule has 1 amide bonds. The summed E-state index contributed by atoms with van der Waals surface area (Å²) in [7, 11) is -1.92. The molecule has 26 heavy (non-hydrogen) atoms. The van der Waals surface area contributed by atoms with Gasteiger partial charge in [-0.3, -0.25) is 4.79 Å². The van der Waals surface area contributed by atoms with Crippen molar-refractivity contribution in [3.8, 4) is 0 Å². The second kappa shape index (κ2) is 9.50. The molecule has 5 nitrogen and oxygen atoms in total. The number of carbonyl (C=O) groups is 1. The van der Waals surface area contributed by atoms with E-state index in [-0.39, 0.29) is 18.4 Å². The number of sulfonamides is 1. The summed E-state index contributed by atoms with van der Waals surface area (Å²) >= 11 is 7.09. The van der Waals surface area contributed by atoms with Crippen LogP contribution in [-0.2, 0) is 14.8 Å². The summed E-state index contributed by atoms with van der Waals surface area (Å²) in [4.78, 5) is 12.2. The maximum atomic E-state index is 12.3. The number of thiophene rings is 1. The Hall–Kier alpha value is -1.41. The molecule has 0 radical (unpaired) electrons. The van der Waals surface area contributed by atoms with Crippen molar-refractivity contribution in [3.63, 3.8) is 0 Å². The van der Waals surface area contributed by atoms with Crippen molar-refractivity contribution in [1.29, 1.82) is 0 Å². The molecule has 1 N–H and O–H groups in total. The fourth-order valence-electron chi connectivity index (χ4n) is 2.53. The van der Waals surface area contributed by atoms with Gasteiger partial charge in [-0.15, -0.1) is 11.3 Å². The fraction of sp³-hybridized carbons (Fsp3) is 0.389. The van der Waals surface area contributed by atoms with Gasteiger partial charge in [0.2, 0.25) is 5.91 Å². The van der Waals surface area contributed by atoms with Crippen LogP contribution in [0.1, 0.15) is 37.8 Å². The second-order valence-corrected chi connectivity index (χ2v) is 9.60. The van der Waals surface area contributed by atoms with E-state index in [9.17, 15) is 13.2 Å². The van der Waals surface area contributed by atoms with Gasteiger partial charge >= 0.3 is 0 Å². The summed E-state index contributed by atoms with van der Waals surface area (Å²) < 4.78 is 26.3. The highest BCUT2D eigenvalue weighted by Gasteiger charge is 2.21. The molecule has 0 fully saturated rings. The average Bonchev–Trinajstić information content (AvgIpc) is 3.16. The van der Waals surface area contributed by atoms with Crippen molar-refractivity contribution >= 4 is 38.9 Å². The van der Waals surface area contributed by atoms with Crippen LogP contribution < -0.4 is 5.32 Å². The summed E-state index contributed by atoms with van der Waals surface area (Å²) in [5, 5.41) is 5.38. The van der Waals surface area contributed by atoms with Gasteiger partial charge in [-0.1, -0.05) is 36.7 Å². The number of amides is 1. The van der Waals surface area contributed by atoms with E-state index >= 15 is 0 Å². The first-order chi connectivity index (χ1) is 12.3. The van der Waals surface area contributed by atoms with Gasteiger partial charge in [0.1, 0.15) is 4.21 Å². The first kappa shape index (κ1) is 20.9. The molecular weight excluding hydrogens is 392 g/mol. The summed E-state index contributed by atoms with van der Waals surface area (Å²) in [5.74, 6) is -0.0891. The predicted molar refractivity (Wildman–Crippen MR) is 106 cm³/mol. The quantitative estimate of drug-likeness (QED) is 0.672. The highest BCUT2D eigenvalue weighted by Crippen LogP contribution is 2.21. The van der Waals surface area contributed by atoms with Gasteiger partial charge in [0.25, 0.3) is 10.0 Å². The minimum Gasteiger partial charge on any atom is -0.349 e. The topological polar surface area (TPSA) is 66.5 Å². The van der Waals surface area contributed by atoms with Gasteiger partial charge in [0.05, 0.1) is 6.04 Å². The van der Waals surface area contributed by atoms with E-state index in [0.717, 1.165) is 12.0 Å². The lowest BCUT2D eigenvalue weighted by Crippen LogP contribution is -2.30. The third-order valence-electron chi connectivity index (χ3n) is 4.05. The Balaban J connectivity index is 1.83. The van der Waals surface area contributed by atoms with E-state index in [1.807, 2.05) is 19.1 Å². The number of hydrogen-bond acceptors (Lipinski definition) is 4. The maximum Gasteiger partial charge on any atom is 0.252 e. The fourth-order valence-corrected chi connectivity index (χ4v) is 5.07. The van der Waals surface area contributed by atoms with Crippen molar-refractivity contribution < 1.29 is 13.2 Å². The lowest BCUT2D eigenvalue weighted by molar-refractivity contribution is -0.122. The number of benzene rings is 1. The molecule has 0 aliphatic heterocycles. The van der Waals surface area contributed by atoms with E-state index in [1.54, 1.807) is 29.6 Å². The van der Waals surface area contributed by atoms with Crippen molar-refractivity contribution in [2.24, 2.45) is 0 Å². The van der Waals surface area contributed by atoms with Crippen LogP contribution in [0.4, 0.5) is 0 Å². The minimum absolute atomic E-state index is 0.0765. The minimum atomic E-state index is -3.46. The second-order valence-electron chi connectivity index (χ2n) is 5.94. The molecule has 1 heterocycles. The molecule has 2 rings (SSSR count). The van der Waals surface area contributed by atoms with E-state index < -0.39 is 10.0 Å². The van der Waals surface area contributed by atoms with Crippen LogP contribution in [0.5, 0.6) is 0 Å². The third kappa shape index (κ3) is 5.54. The van der Waals surface area contributed by atoms with Crippen LogP contribution in [0, 0.1) is 0 Å². The first-order valence-corrected chi connectivity index (χ1v) is 11.1. The molecule has 2 aromatic rings. The number of carbonyl (C=O) groups excluding carboxylic acids is 1. The molecule has 1 atom stereocenters. The summed E-state index contributed by atoms with van der Waals surface area (Å²) in [6, 6.07) is 10.6. The van der Waals surface area contributed by atoms with Crippen LogP contribution in [0.3, 0.4) is 0 Å². The van der Waals surface area contributed by atoms with E-state index in [4.69, 9.17) is 11.6 Å². The van der Waals surface area contributed by atoms with Crippen LogP contribution in [-0.4, -0.2) is 32.2 Å². The van der Waals surface area contributed by atoms with E-state index in [0.29, 0.717) is 22.2 Å². The Morgan fingerprint density at radius 2 is 1.96 bits per heavy atom. The lowest BCUT2D eigenvalue weighted by Gasteiger charge is -2.19. The lowest BCUT2D eigenvalue weighted by atomic mass is 10.0. The number of nitrogens with zero attached hydrogens (tertiary/aromatic N) is 1. The van der Waals surface area contributed by atoms with Crippen molar-refractivity contribution in [1.82, 2.24) is 9.62 Å². The number of nitrogens with one attached hydrogen (secondary N) is 1. The summed E-state index contributed by atoms with van der Waals surface area (Å²) in [5.41, 5.74) is 1.00. The van der Waals surface area contributed by atoms with Crippen LogP contribution >= 0.6 is 22.9 Å². The molecule has 1 unspecified atom stereocenters. The molecule has 8 heteroatoms. The number of rotatable bonds is 9.